The maximum absolute atomic E-state index is 4.03. The molecule has 0 fully saturated rings. The van der Waals surface area contributed by atoms with Crippen molar-refractivity contribution >= 4 is 55.1 Å². The van der Waals surface area contributed by atoms with Crippen molar-refractivity contribution in [1.82, 2.24) is 4.40 Å². The zero-order chi connectivity index (χ0) is 19.2. The van der Waals surface area contributed by atoms with Crippen molar-refractivity contribution in [3.63, 3.8) is 0 Å². The second-order valence-corrected chi connectivity index (χ2v) is 7.93. The molecular weight excluding hydrogens is 340 g/mol. The summed E-state index contributed by atoms with van der Waals surface area (Å²) >= 11 is 0. The fourth-order valence-corrected chi connectivity index (χ4v) is 5.00. The highest BCUT2D eigenvalue weighted by molar-refractivity contribution is 6.26. The Morgan fingerprint density at radius 1 is 0.929 bits per heavy atom. The number of pyridine rings is 2. The molecule has 2 nitrogen and oxygen atoms in total. The standard InChI is InChI=1S/C26H21N2/c1-5-17-13-18-10-11-27(4)26-23-16(3)15(2)12-20-19-8-6-7-9-21(19)28(25(20)23)22(14-17)24(18)26/h5-14H,1H2,2-4H3/q+1. The highest BCUT2D eigenvalue weighted by Crippen LogP contribution is 2.41. The van der Waals surface area contributed by atoms with Gasteiger partial charge in [0.1, 0.15) is 7.05 Å². The molecule has 0 aliphatic heterocycles. The van der Waals surface area contributed by atoms with Crippen LogP contribution in [0.15, 0.2) is 61.3 Å². The van der Waals surface area contributed by atoms with Gasteiger partial charge in [-0.25, -0.2) is 4.57 Å². The number of nitrogens with zero attached hydrogens (tertiary/aromatic N) is 2. The van der Waals surface area contributed by atoms with Gasteiger partial charge >= 0.3 is 0 Å². The summed E-state index contributed by atoms with van der Waals surface area (Å²) in [6.45, 7) is 8.51. The molecule has 3 aromatic carbocycles. The predicted molar refractivity (Wildman–Crippen MR) is 119 cm³/mol. The van der Waals surface area contributed by atoms with Crippen LogP contribution in [0.3, 0.4) is 0 Å². The molecule has 3 aromatic heterocycles. The fraction of sp³-hybridized carbons (Fsp3) is 0.115. The van der Waals surface area contributed by atoms with Crippen LogP contribution in [0.5, 0.6) is 0 Å². The fourth-order valence-electron chi connectivity index (χ4n) is 5.00. The van der Waals surface area contributed by atoms with E-state index in [-0.39, 0.29) is 0 Å². The molecule has 134 valence electrons. The lowest BCUT2D eigenvalue weighted by atomic mass is 9.96. The molecule has 0 unspecified atom stereocenters. The van der Waals surface area contributed by atoms with Crippen LogP contribution in [0.4, 0.5) is 0 Å². The van der Waals surface area contributed by atoms with E-state index in [4.69, 9.17) is 0 Å². The van der Waals surface area contributed by atoms with Gasteiger partial charge in [0, 0.05) is 16.8 Å². The lowest BCUT2D eigenvalue weighted by molar-refractivity contribution is -0.643. The van der Waals surface area contributed by atoms with E-state index >= 15 is 0 Å². The average molecular weight is 361 g/mol. The number of rotatable bonds is 1. The third-order valence-corrected chi connectivity index (χ3v) is 6.43. The van der Waals surface area contributed by atoms with Gasteiger partial charge in [-0.2, -0.15) is 0 Å². The number of benzene rings is 3. The van der Waals surface area contributed by atoms with Crippen molar-refractivity contribution in [3.05, 3.63) is 78.0 Å². The van der Waals surface area contributed by atoms with E-state index in [9.17, 15) is 0 Å². The molecule has 6 aromatic rings. The monoisotopic (exact) mass is 361 g/mol. The summed E-state index contributed by atoms with van der Waals surface area (Å²) in [5, 5.41) is 6.59. The zero-order valence-corrected chi connectivity index (χ0v) is 16.4. The first-order valence-electron chi connectivity index (χ1n) is 9.73. The van der Waals surface area contributed by atoms with Crippen LogP contribution in [0.25, 0.3) is 55.1 Å². The van der Waals surface area contributed by atoms with Crippen molar-refractivity contribution < 1.29 is 4.57 Å². The van der Waals surface area contributed by atoms with Gasteiger partial charge in [-0.3, -0.25) is 0 Å². The smallest absolute Gasteiger partial charge is 0.224 e. The predicted octanol–water partition coefficient (Wildman–Crippen LogP) is 6.07. The number of hydrogen-bond donors (Lipinski definition) is 0. The molecule has 0 N–H and O–H groups in total. The zero-order valence-electron chi connectivity index (χ0n) is 16.4. The highest BCUT2D eigenvalue weighted by atomic mass is 15.0. The van der Waals surface area contributed by atoms with Gasteiger partial charge in [-0.1, -0.05) is 30.9 Å². The van der Waals surface area contributed by atoms with E-state index in [1.54, 1.807) is 0 Å². The molecule has 0 amide bonds. The highest BCUT2D eigenvalue weighted by Gasteiger charge is 2.24. The van der Waals surface area contributed by atoms with E-state index in [0.717, 1.165) is 5.56 Å². The quantitative estimate of drug-likeness (QED) is 0.191. The topological polar surface area (TPSA) is 8.29 Å². The second-order valence-electron chi connectivity index (χ2n) is 7.93. The Morgan fingerprint density at radius 3 is 2.57 bits per heavy atom. The van der Waals surface area contributed by atoms with E-state index in [2.05, 4.69) is 91.2 Å². The minimum absolute atomic E-state index is 1.15. The number of hydrogen-bond acceptors (Lipinski definition) is 0. The van der Waals surface area contributed by atoms with Crippen LogP contribution in [0.1, 0.15) is 16.7 Å². The summed E-state index contributed by atoms with van der Waals surface area (Å²) in [6, 6.07) is 17.9. The second kappa shape index (κ2) is 5.11. The van der Waals surface area contributed by atoms with Gasteiger partial charge in [0.05, 0.1) is 27.3 Å². The molecule has 0 spiro atoms. The molecule has 28 heavy (non-hydrogen) atoms. The number of fused-ring (bicyclic) bond motifs is 5. The molecule has 0 radical (unpaired) electrons. The van der Waals surface area contributed by atoms with Gasteiger partial charge in [-0.15, -0.1) is 0 Å². The van der Waals surface area contributed by atoms with E-state index in [1.807, 2.05) is 6.08 Å². The molecule has 3 heterocycles. The molecule has 0 saturated carbocycles. The number of aryl methyl sites for hydroxylation is 3. The van der Waals surface area contributed by atoms with Crippen molar-refractivity contribution in [2.45, 2.75) is 13.8 Å². The van der Waals surface area contributed by atoms with E-state index < -0.39 is 0 Å². The molecule has 6 rings (SSSR count). The summed E-state index contributed by atoms with van der Waals surface area (Å²) in [6.07, 6.45) is 4.13. The average Bonchev–Trinajstić information content (AvgIpc) is 3.04. The van der Waals surface area contributed by atoms with Crippen molar-refractivity contribution in [1.29, 1.82) is 0 Å². The largest absolute Gasteiger partial charge is 0.307 e. The van der Waals surface area contributed by atoms with Crippen LogP contribution in [0, 0.1) is 13.8 Å². The molecule has 0 atom stereocenters. The van der Waals surface area contributed by atoms with Gasteiger partial charge < -0.3 is 4.40 Å². The minimum atomic E-state index is 1.15. The third-order valence-electron chi connectivity index (χ3n) is 6.43. The normalized spacial score (nSPS) is 12.2. The van der Waals surface area contributed by atoms with Gasteiger partial charge in [0.25, 0.3) is 0 Å². The summed E-state index contributed by atoms with van der Waals surface area (Å²) in [5.41, 5.74) is 9.00. The van der Waals surface area contributed by atoms with E-state index in [1.165, 1.54) is 60.1 Å². The molecular formula is C26H21N2+. The molecule has 0 aliphatic carbocycles. The Balaban J connectivity index is 2.15. The van der Waals surface area contributed by atoms with Crippen molar-refractivity contribution in [2.75, 3.05) is 0 Å². The lowest BCUT2D eigenvalue weighted by Gasteiger charge is -2.14. The maximum atomic E-state index is 4.03. The van der Waals surface area contributed by atoms with Crippen LogP contribution >= 0.6 is 0 Å². The van der Waals surface area contributed by atoms with Gasteiger partial charge in [-0.05, 0) is 60.2 Å². The van der Waals surface area contributed by atoms with Crippen LogP contribution in [-0.2, 0) is 7.05 Å². The van der Waals surface area contributed by atoms with Gasteiger partial charge in [0.2, 0.25) is 5.52 Å². The Bertz CT molecular complexity index is 1600. The SMILES string of the molecule is C=Cc1cc2cc[n+](C)c3c4c(C)c(C)cc5c6ccccc6n(c(c1)c23)c54. The van der Waals surface area contributed by atoms with Crippen molar-refractivity contribution in [3.8, 4) is 0 Å². The minimum Gasteiger partial charge on any atom is -0.307 e. The Kier molecular flexibility index (Phi) is 2.85. The summed E-state index contributed by atoms with van der Waals surface area (Å²) in [7, 11) is 2.16. The Morgan fingerprint density at radius 2 is 1.75 bits per heavy atom. The van der Waals surface area contributed by atoms with Crippen molar-refractivity contribution in [2.24, 2.45) is 7.05 Å². The van der Waals surface area contributed by atoms with Gasteiger partial charge in [0.15, 0.2) is 6.20 Å². The van der Waals surface area contributed by atoms with Crippen LogP contribution in [-0.4, -0.2) is 4.40 Å². The molecule has 0 aliphatic rings. The Hall–Kier alpha value is -3.39. The molecule has 0 saturated heterocycles. The molecule has 0 bridgehead atoms. The first-order valence-corrected chi connectivity index (χ1v) is 9.73. The Labute approximate surface area is 163 Å². The van der Waals surface area contributed by atoms with Crippen LogP contribution in [0.2, 0.25) is 0 Å². The first-order chi connectivity index (χ1) is 13.6. The number of aromatic nitrogens is 2. The molecule has 2 heteroatoms. The third kappa shape index (κ3) is 1.71. The summed E-state index contributed by atoms with van der Waals surface area (Å²) in [5.74, 6) is 0. The summed E-state index contributed by atoms with van der Waals surface area (Å²) < 4.78 is 4.75. The first kappa shape index (κ1) is 15.6. The number of para-hydroxylation sites is 1. The summed E-state index contributed by atoms with van der Waals surface area (Å²) in [4.78, 5) is 0. The van der Waals surface area contributed by atoms with E-state index in [0.29, 0.717) is 0 Å². The van der Waals surface area contributed by atoms with Crippen LogP contribution < -0.4 is 4.57 Å². The maximum Gasteiger partial charge on any atom is 0.224 e. The lowest BCUT2D eigenvalue weighted by Crippen LogP contribution is -2.29.